The van der Waals surface area contributed by atoms with Crippen molar-refractivity contribution in [3.63, 3.8) is 0 Å². The Morgan fingerprint density at radius 3 is 2.44 bits per heavy atom. The fraction of sp³-hybridized carbons (Fsp3) is 1.00. The Labute approximate surface area is 52.8 Å². The minimum Gasteiger partial charge on any atom is -0.761 e. The van der Waals surface area contributed by atoms with E-state index in [-0.39, 0.29) is 23.5 Å². The lowest BCUT2D eigenvalue weighted by Gasteiger charge is -2.33. The molecule has 0 saturated heterocycles. The van der Waals surface area contributed by atoms with Gasteiger partial charge in [0.05, 0.1) is 0 Å². The number of hydrogen-bond acceptors (Lipinski definition) is 6. The first kappa shape index (κ1) is 8.76. The number of rotatable bonds is 4. The second-order valence-electron chi connectivity index (χ2n) is 1.37. The quantitative estimate of drug-likeness (QED) is 0.498. The molecule has 0 aromatic rings. The molecular weight excluding hydrogens is 126 g/mol. The van der Waals surface area contributed by atoms with E-state index < -0.39 is 0 Å². The molecule has 0 unspecified atom stereocenters. The van der Waals surface area contributed by atoms with Crippen LogP contribution in [-0.4, -0.2) is 30.6 Å². The molecule has 0 fully saturated rings. The highest BCUT2D eigenvalue weighted by Gasteiger charge is 1.86. The fourth-order valence-electron chi connectivity index (χ4n) is 0.274. The monoisotopic (exact) mass is 135 g/mol. The molecule has 0 spiro atoms. The van der Waals surface area contributed by atoms with E-state index in [4.69, 9.17) is 5.73 Å². The molecule has 0 saturated carbocycles. The van der Waals surface area contributed by atoms with Crippen molar-refractivity contribution in [3.05, 3.63) is 10.4 Å². The normalized spacial score (nSPS) is 11.3. The average molecular weight is 135 g/mol. The van der Waals surface area contributed by atoms with Gasteiger partial charge in [0.2, 0.25) is 0 Å². The highest BCUT2D eigenvalue weighted by atomic mass is 17.1. The molecule has 0 aliphatic carbocycles. The summed E-state index contributed by atoms with van der Waals surface area (Å²) in [4.78, 5) is 3.97. The van der Waals surface area contributed by atoms with Gasteiger partial charge in [0.15, 0.2) is 0 Å². The lowest BCUT2D eigenvalue weighted by molar-refractivity contribution is -0.268. The Morgan fingerprint density at radius 2 is 2.11 bits per heavy atom. The van der Waals surface area contributed by atoms with Crippen LogP contribution in [0.25, 0.3) is 0 Å². The third-order valence-corrected chi connectivity index (χ3v) is 0.518. The van der Waals surface area contributed by atoms with E-state index >= 15 is 0 Å². The Hall–Kier alpha value is -0.240. The fourth-order valence-corrected chi connectivity index (χ4v) is 0.274. The first-order valence-electron chi connectivity index (χ1n) is 2.40. The Kier molecular flexibility index (Phi) is 4.50. The number of nitrogens with two attached hydrogens (primary N) is 1. The standard InChI is InChI=1S/C3H9N3O3/c1-5(7)9-6(8)3-2-4/h2-4H2,1H3/q-2. The van der Waals surface area contributed by atoms with Crippen LogP contribution in [0.15, 0.2) is 0 Å². The maximum atomic E-state index is 10.2. The lowest BCUT2D eigenvalue weighted by atomic mass is 10.7. The Bertz CT molecular complexity index is 69.3. The molecule has 0 atom stereocenters. The van der Waals surface area contributed by atoms with Gasteiger partial charge < -0.3 is 16.1 Å². The second kappa shape index (κ2) is 4.62. The van der Waals surface area contributed by atoms with Crippen molar-refractivity contribution in [2.45, 2.75) is 0 Å². The molecule has 0 aliphatic rings. The molecule has 6 nitrogen and oxygen atoms in total. The van der Waals surface area contributed by atoms with Gasteiger partial charge in [0.1, 0.15) is 0 Å². The lowest BCUT2D eigenvalue weighted by Crippen LogP contribution is -2.29. The third kappa shape index (κ3) is 5.63. The molecule has 0 amide bonds. The largest absolute Gasteiger partial charge is 0.761 e. The number of hydrogen-bond donors (Lipinski definition) is 1. The van der Waals surface area contributed by atoms with Crippen LogP contribution in [0.3, 0.4) is 0 Å². The van der Waals surface area contributed by atoms with Crippen molar-refractivity contribution in [1.82, 2.24) is 10.5 Å². The van der Waals surface area contributed by atoms with Gasteiger partial charge in [0, 0.05) is 20.1 Å². The van der Waals surface area contributed by atoms with Crippen LogP contribution in [0, 0.1) is 10.4 Å². The number of hydroxylamine groups is 4. The van der Waals surface area contributed by atoms with Crippen LogP contribution < -0.4 is 5.73 Å². The van der Waals surface area contributed by atoms with Crippen molar-refractivity contribution in [2.75, 3.05) is 20.1 Å². The zero-order valence-corrected chi connectivity index (χ0v) is 5.11. The smallest absolute Gasteiger partial charge is 0.0248 e. The summed E-state index contributed by atoms with van der Waals surface area (Å²) in [7, 11) is 1.07. The van der Waals surface area contributed by atoms with Gasteiger partial charge >= 0.3 is 0 Å². The molecule has 9 heavy (non-hydrogen) atoms. The molecule has 0 aliphatic heterocycles. The minimum atomic E-state index is -0.00736. The summed E-state index contributed by atoms with van der Waals surface area (Å²) in [5, 5.41) is 20.3. The predicted molar refractivity (Wildman–Crippen MR) is 31.3 cm³/mol. The van der Waals surface area contributed by atoms with E-state index in [9.17, 15) is 10.4 Å². The van der Waals surface area contributed by atoms with Crippen LogP contribution in [0.4, 0.5) is 0 Å². The highest BCUT2D eigenvalue weighted by molar-refractivity contribution is 4.42. The van der Waals surface area contributed by atoms with Gasteiger partial charge in [-0.15, -0.1) is 0 Å². The summed E-state index contributed by atoms with van der Waals surface area (Å²) >= 11 is 0. The summed E-state index contributed by atoms with van der Waals surface area (Å²) in [6.07, 6.45) is 0. The third-order valence-electron chi connectivity index (χ3n) is 0.518. The van der Waals surface area contributed by atoms with Crippen LogP contribution in [0.5, 0.6) is 0 Å². The van der Waals surface area contributed by atoms with Crippen molar-refractivity contribution in [2.24, 2.45) is 5.73 Å². The first-order chi connectivity index (χ1) is 4.16. The topological polar surface area (TPSA) is 87.8 Å². The molecule has 0 rings (SSSR count). The van der Waals surface area contributed by atoms with Crippen molar-refractivity contribution in [3.8, 4) is 0 Å². The second-order valence-corrected chi connectivity index (χ2v) is 1.37. The molecule has 56 valence electrons. The summed E-state index contributed by atoms with van der Waals surface area (Å²) in [5.41, 5.74) is 4.96. The molecular formula is C3H9N3O3-2. The molecule has 6 heteroatoms. The van der Waals surface area contributed by atoms with Crippen LogP contribution in [-0.2, 0) is 4.94 Å². The zero-order valence-electron chi connectivity index (χ0n) is 5.11. The van der Waals surface area contributed by atoms with E-state index in [2.05, 4.69) is 4.94 Å². The van der Waals surface area contributed by atoms with Gasteiger partial charge in [-0.2, -0.15) is 0 Å². The summed E-state index contributed by atoms with van der Waals surface area (Å²) in [5.74, 6) is 0. The molecule has 0 aromatic carbocycles. The molecule has 0 radical (unpaired) electrons. The maximum Gasteiger partial charge on any atom is 0.0248 e. The van der Waals surface area contributed by atoms with E-state index in [1.54, 1.807) is 0 Å². The average Bonchev–Trinajstić information content (AvgIpc) is 1.63. The minimum absolute atomic E-state index is 0.00736. The molecule has 2 N–H and O–H groups in total. The van der Waals surface area contributed by atoms with Gasteiger partial charge in [-0.05, 0) is 0 Å². The Balaban J connectivity index is 3.15. The molecule has 0 aromatic heterocycles. The van der Waals surface area contributed by atoms with Crippen LogP contribution in [0.2, 0.25) is 0 Å². The summed E-state index contributed by atoms with van der Waals surface area (Å²) in [6.45, 7) is 0.157. The van der Waals surface area contributed by atoms with Crippen LogP contribution in [0.1, 0.15) is 0 Å². The van der Waals surface area contributed by atoms with Crippen molar-refractivity contribution in [1.29, 1.82) is 0 Å². The van der Waals surface area contributed by atoms with Gasteiger partial charge in [-0.25, -0.2) is 15.4 Å². The summed E-state index contributed by atoms with van der Waals surface area (Å²) in [6, 6.07) is 0. The van der Waals surface area contributed by atoms with Gasteiger partial charge in [0.25, 0.3) is 0 Å². The van der Waals surface area contributed by atoms with Crippen molar-refractivity contribution >= 4 is 0 Å². The summed E-state index contributed by atoms with van der Waals surface area (Å²) < 4.78 is 0. The van der Waals surface area contributed by atoms with E-state index in [1.165, 1.54) is 0 Å². The Morgan fingerprint density at radius 1 is 1.56 bits per heavy atom. The van der Waals surface area contributed by atoms with Crippen molar-refractivity contribution < 1.29 is 4.94 Å². The maximum absolute atomic E-state index is 10.2. The van der Waals surface area contributed by atoms with E-state index in [0.717, 1.165) is 7.05 Å². The predicted octanol–water partition coefficient (Wildman–Crippen LogP) is -0.979. The van der Waals surface area contributed by atoms with E-state index in [1.807, 2.05) is 0 Å². The van der Waals surface area contributed by atoms with Gasteiger partial charge in [-0.1, -0.05) is 0 Å². The first-order valence-corrected chi connectivity index (χ1v) is 2.40. The number of nitrogens with zero attached hydrogens (tertiary/aromatic N) is 2. The molecule has 0 heterocycles. The SMILES string of the molecule is CN([O-])ON([O-])CCN. The molecule has 0 bridgehead atoms. The zero-order chi connectivity index (χ0) is 7.28. The highest BCUT2D eigenvalue weighted by Crippen LogP contribution is 1.86. The van der Waals surface area contributed by atoms with Crippen LogP contribution >= 0.6 is 0 Å². The van der Waals surface area contributed by atoms with E-state index in [0.29, 0.717) is 0 Å². The van der Waals surface area contributed by atoms with Gasteiger partial charge in [-0.3, -0.25) is 0 Å².